The highest BCUT2D eigenvalue weighted by Crippen LogP contribution is 2.28. The van der Waals surface area contributed by atoms with Crippen LogP contribution in [0.15, 0.2) is 23.5 Å². The normalized spacial score (nSPS) is 24.5. The molecule has 1 aliphatic rings. The number of rotatable bonds is 1. The van der Waals surface area contributed by atoms with Crippen molar-refractivity contribution in [2.45, 2.75) is 26.7 Å². The lowest BCUT2D eigenvalue weighted by Crippen LogP contribution is -2.20. The molecule has 0 aromatic heterocycles. The Bertz CT molecular complexity index is 261. The van der Waals surface area contributed by atoms with Gasteiger partial charge in [0.2, 0.25) is 0 Å². The first-order valence-electron chi connectivity index (χ1n) is 4.16. The lowest BCUT2D eigenvalue weighted by atomic mass is 9.86. The summed E-state index contributed by atoms with van der Waals surface area (Å²) in [6.07, 6.45) is 1.60. The van der Waals surface area contributed by atoms with Gasteiger partial charge in [-0.2, -0.15) is 0 Å². The molecule has 0 radical (unpaired) electrons. The average Bonchev–Trinajstić information content (AvgIpc) is 2.00. The predicted octanol–water partition coefficient (Wildman–Crippen LogP) is 2.37. The predicted molar refractivity (Wildman–Crippen MR) is 47.9 cm³/mol. The molecule has 0 saturated carbocycles. The molecule has 0 unspecified atom stereocenters. The maximum Gasteiger partial charge on any atom is 0.200 e. The Labute approximate surface area is 72.6 Å². The molecule has 0 aliphatic heterocycles. The minimum absolute atomic E-state index is 0.0342. The zero-order chi connectivity index (χ0) is 9.30. The molecule has 0 aromatic rings. The van der Waals surface area contributed by atoms with Gasteiger partial charge in [0.1, 0.15) is 0 Å². The molecule has 1 N–H and O–H groups in total. The number of Topliss-reactive ketones (excluding diaryl/α,β-unsaturated/α-hetero) is 1. The fourth-order valence-electron chi connectivity index (χ4n) is 1.41. The van der Waals surface area contributed by atoms with E-state index in [9.17, 15) is 9.90 Å². The van der Waals surface area contributed by atoms with Crippen LogP contribution >= 0.6 is 0 Å². The van der Waals surface area contributed by atoms with Crippen LogP contribution in [0, 0.1) is 5.92 Å². The molecule has 0 aromatic carbocycles. The Morgan fingerprint density at radius 1 is 1.67 bits per heavy atom. The van der Waals surface area contributed by atoms with Crippen molar-refractivity contribution in [1.29, 1.82) is 0 Å². The third-order valence-electron chi connectivity index (χ3n) is 2.31. The van der Waals surface area contributed by atoms with Crippen LogP contribution in [0.3, 0.4) is 0 Å². The number of carbonyl (C=O) groups is 1. The first-order valence-corrected chi connectivity index (χ1v) is 4.16. The second-order valence-corrected chi connectivity index (χ2v) is 3.41. The van der Waals surface area contributed by atoms with Crippen molar-refractivity contribution < 1.29 is 9.90 Å². The average molecular weight is 166 g/mol. The number of carbonyl (C=O) groups excluding carboxylic acids is 1. The lowest BCUT2D eigenvalue weighted by molar-refractivity contribution is -0.122. The fourth-order valence-corrected chi connectivity index (χ4v) is 1.41. The monoisotopic (exact) mass is 166 g/mol. The van der Waals surface area contributed by atoms with E-state index in [1.165, 1.54) is 0 Å². The summed E-state index contributed by atoms with van der Waals surface area (Å²) in [6.45, 7) is 7.37. The van der Waals surface area contributed by atoms with Gasteiger partial charge in [-0.05, 0) is 25.3 Å². The van der Waals surface area contributed by atoms with Crippen molar-refractivity contribution in [2.24, 2.45) is 5.92 Å². The molecule has 12 heavy (non-hydrogen) atoms. The van der Waals surface area contributed by atoms with Crippen LogP contribution in [0.1, 0.15) is 26.7 Å². The zero-order valence-corrected chi connectivity index (χ0v) is 7.55. The lowest BCUT2D eigenvalue weighted by Gasteiger charge is -2.19. The summed E-state index contributed by atoms with van der Waals surface area (Å²) in [5.41, 5.74) is 1.53. The van der Waals surface area contributed by atoms with Crippen molar-refractivity contribution in [2.75, 3.05) is 0 Å². The SMILES string of the molecule is C=C(C)C1=C(O)C(=O)[C@H](C)CC1. The zero-order valence-electron chi connectivity index (χ0n) is 7.55. The number of hydrogen-bond donors (Lipinski definition) is 1. The largest absolute Gasteiger partial charge is 0.504 e. The van der Waals surface area contributed by atoms with Crippen molar-refractivity contribution >= 4 is 5.78 Å². The molecule has 0 amide bonds. The van der Waals surface area contributed by atoms with Crippen LogP contribution < -0.4 is 0 Å². The van der Waals surface area contributed by atoms with E-state index < -0.39 is 0 Å². The van der Waals surface area contributed by atoms with Gasteiger partial charge in [-0.1, -0.05) is 19.1 Å². The summed E-state index contributed by atoms with van der Waals surface area (Å²) in [5, 5.41) is 9.45. The van der Waals surface area contributed by atoms with Crippen LogP contribution in [0.4, 0.5) is 0 Å². The molecule has 0 fully saturated rings. The third-order valence-corrected chi connectivity index (χ3v) is 2.31. The number of hydrogen-bond acceptors (Lipinski definition) is 2. The van der Waals surface area contributed by atoms with Crippen molar-refractivity contribution in [3.63, 3.8) is 0 Å². The van der Waals surface area contributed by atoms with E-state index >= 15 is 0 Å². The highest BCUT2D eigenvalue weighted by Gasteiger charge is 2.26. The summed E-state index contributed by atoms with van der Waals surface area (Å²) >= 11 is 0. The van der Waals surface area contributed by atoms with E-state index in [-0.39, 0.29) is 17.5 Å². The molecule has 1 atom stereocenters. The molecule has 0 bridgehead atoms. The molecule has 2 heteroatoms. The van der Waals surface area contributed by atoms with E-state index in [1.54, 1.807) is 0 Å². The fraction of sp³-hybridized carbons (Fsp3) is 0.500. The highest BCUT2D eigenvalue weighted by atomic mass is 16.3. The van der Waals surface area contributed by atoms with Gasteiger partial charge in [0.15, 0.2) is 11.5 Å². The van der Waals surface area contributed by atoms with Crippen LogP contribution in [-0.2, 0) is 4.79 Å². The third kappa shape index (κ3) is 1.42. The quantitative estimate of drug-likeness (QED) is 0.649. The minimum Gasteiger partial charge on any atom is -0.504 e. The van der Waals surface area contributed by atoms with Crippen molar-refractivity contribution in [1.82, 2.24) is 0 Å². The van der Waals surface area contributed by atoms with E-state index in [1.807, 2.05) is 13.8 Å². The molecular weight excluding hydrogens is 152 g/mol. The molecule has 2 nitrogen and oxygen atoms in total. The number of ketones is 1. The van der Waals surface area contributed by atoms with Crippen LogP contribution in [-0.4, -0.2) is 10.9 Å². The smallest absolute Gasteiger partial charge is 0.200 e. The van der Waals surface area contributed by atoms with E-state index in [0.717, 1.165) is 24.0 Å². The summed E-state index contributed by atoms with van der Waals surface area (Å²) < 4.78 is 0. The standard InChI is InChI=1S/C10H14O2/c1-6(2)8-5-4-7(3)9(11)10(8)12/h7,12H,1,4-5H2,2-3H3/t7-/m1/s1. The van der Waals surface area contributed by atoms with Gasteiger partial charge in [0.05, 0.1) is 0 Å². The Balaban J connectivity index is 3.01. The number of aliphatic hydroxyl groups excluding tert-OH is 1. The second-order valence-electron chi connectivity index (χ2n) is 3.41. The molecule has 1 aliphatic carbocycles. The topological polar surface area (TPSA) is 37.3 Å². The molecule has 0 spiro atoms. The molecular formula is C10H14O2. The van der Waals surface area contributed by atoms with Crippen LogP contribution in [0.2, 0.25) is 0 Å². The Morgan fingerprint density at radius 2 is 2.25 bits per heavy atom. The minimum atomic E-state index is -0.140. The van der Waals surface area contributed by atoms with Gasteiger partial charge in [-0.25, -0.2) is 0 Å². The van der Waals surface area contributed by atoms with Crippen LogP contribution in [0.25, 0.3) is 0 Å². The summed E-state index contributed by atoms with van der Waals surface area (Å²) in [5.74, 6) is -0.242. The van der Waals surface area contributed by atoms with E-state index in [4.69, 9.17) is 0 Å². The van der Waals surface area contributed by atoms with Gasteiger partial charge in [0.25, 0.3) is 0 Å². The van der Waals surface area contributed by atoms with Crippen LogP contribution in [0.5, 0.6) is 0 Å². The number of allylic oxidation sites excluding steroid dienone is 3. The first kappa shape index (κ1) is 9.04. The molecule has 0 heterocycles. The molecule has 0 saturated heterocycles. The Morgan fingerprint density at radius 3 is 2.75 bits per heavy atom. The van der Waals surface area contributed by atoms with Gasteiger partial charge in [0, 0.05) is 5.92 Å². The van der Waals surface area contributed by atoms with E-state index in [0.29, 0.717) is 0 Å². The van der Waals surface area contributed by atoms with Gasteiger partial charge in [-0.15, -0.1) is 0 Å². The Kier molecular flexibility index (Phi) is 2.36. The summed E-state index contributed by atoms with van der Waals surface area (Å²) in [4.78, 5) is 11.3. The van der Waals surface area contributed by atoms with Crippen molar-refractivity contribution in [3.05, 3.63) is 23.5 Å². The van der Waals surface area contributed by atoms with Gasteiger partial charge < -0.3 is 5.11 Å². The maximum absolute atomic E-state index is 11.3. The summed E-state index contributed by atoms with van der Waals surface area (Å²) in [7, 11) is 0. The highest BCUT2D eigenvalue weighted by molar-refractivity contribution is 5.96. The molecule has 1 rings (SSSR count). The maximum atomic E-state index is 11.3. The van der Waals surface area contributed by atoms with Gasteiger partial charge in [-0.3, -0.25) is 4.79 Å². The van der Waals surface area contributed by atoms with E-state index in [2.05, 4.69) is 6.58 Å². The summed E-state index contributed by atoms with van der Waals surface area (Å²) in [6, 6.07) is 0. The Hall–Kier alpha value is -1.05. The van der Waals surface area contributed by atoms with Crippen molar-refractivity contribution in [3.8, 4) is 0 Å². The second kappa shape index (κ2) is 3.13. The number of aliphatic hydroxyl groups is 1. The van der Waals surface area contributed by atoms with Gasteiger partial charge >= 0.3 is 0 Å². The molecule has 66 valence electrons. The first-order chi connectivity index (χ1) is 5.54.